The second kappa shape index (κ2) is 4.71. The molecule has 0 unspecified atom stereocenters. The highest BCUT2D eigenvalue weighted by atomic mass is 79.9. The van der Waals surface area contributed by atoms with Crippen molar-refractivity contribution in [1.82, 2.24) is 0 Å². The summed E-state index contributed by atoms with van der Waals surface area (Å²) in [7, 11) is 0. The third-order valence-electron chi connectivity index (χ3n) is 2.56. The molecule has 0 spiro atoms. The first-order valence-corrected chi connectivity index (χ1v) is 6.22. The normalized spacial score (nSPS) is 15.4. The van der Waals surface area contributed by atoms with Crippen molar-refractivity contribution in [3.63, 3.8) is 0 Å². The van der Waals surface area contributed by atoms with E-state index in [1.54, 1.807) is 0 Å². The van der Waals surface area contributed by atoms with Crippen LogP contribution in [0.15, 0.2) is 16.6 Å². The zero-order chi connectivity index (χ0) is 10.8. The molecule has 1 nitrogen and oxygen atoms in total. The molecule has 2 rings (SSSR count). The Morgan fingerprint density at radius 2 is 2.20 bits per heavy atom. The fourth-order valence-corrected chi connectivity index (χ4v) is 2.48. The van der Waals surface area contributed by atoms with Crippen LogP contribution >= 0.6 is 27.5 Å². The molecule has 0 amide bonds. The Labute approximate surface area is 102 Å². The molecule has 1 aliphatic rings. The van der Waals surface area contributed by atoms with Gasteiger partial charge in [0.2, 0.25) is 0 Å². The van der Waals surface area contributed by atoms with E-state index in [2.05, 4.69) is 21.2 Å². The van der Waals surface area contributed by atoms with Crippen molar-refractivity contribution in [2.24, 2.45) is 5.92 Å². The maximum Gasteiger partial charge on any atom is 0.125 e. The Balaban J connectivity index is 1.99. The molecule has 4 heteroatoms. The van der Waals surface area contributed by atoms with Gasteiger partial charge in [0.1, 0.15) is 5.82 Å². The summed E-state index contributed by atoms with van der Waals surface area (Å²) in [6.45, 7) is 0.897. The average Bonchev–Trinajstić information content (AvgIpc) is 2.93. The lowest BCUT2D eigenvalue weighted by Crippen LogP contribution is -2.03. The number of halogens is 3. The zero-order valence-corrected chi connectivity index (χ0v) is 10.5. The van der Waals surface area contributed by atoms with E-state index in [0.29, 0.717) is 9.50 Å². The van der Waals surface area contributed by atoms with Crippen molar-refractivity contribution >= 4 is 33.2 Å². The van der Waals surface area contributed by atoms with Crippen LogP contribution in [0.1, 0.15) is 19.3 Å². The molecule has 0 aliphatic heterocycles. The fourth-order valence-electron chi connectivity index (χ4n) is 1.52. The first-order valence-electron chi connectivity index (χ1n) is 5.05. The molecule has 0 atom stereocenters. The number of hydrogen-bond donors (Lipinski definition) is 1. The summed E-state index contributed by atoms with van der Waals surface area (Å²) in [6, 6.07) is 2.75. The third-order valence-corrected chi connectivity index (χ3v) is 3.48. The zero-order valence-electron chi connectivity index (χ0n) is 8.19. The Hall–Kier alpha value is -0.280. The predicted octanol–water partition coefficient (Wildman–Crippen LogP) is 4.45. The van der Waals surface area contributed by atoms with Gasteiger partial charge in [-0.2, -0.15) is 0 Å². The molecule has 1 aromatic carbocycles. The topological polar surface area (TPSA) is 12.0 Å². The molecule has 0 bridgehead atoms. The van der Waals surface area contributed by atoms with Crippen molar-refractivity contribution in [3.05, 3.63) is 27.4 Å². The molecule has 1 N–H and O–H groups in total. The minimum absolute atomic E-state index is 0.320. The standard InChI is InChI=1S/C11H12BrClFN/c12-9-5-8(14)6-10(13)11(9)15-4-3-7-1-2-7/h5-7,15H,1-4H2. The largest absolute Gasteiger partial charge is 0.383 e. The maximum atomic E-state index is 12.9. The SMILES string of the molecule is Fc1cc(Cl)c(NCCC2CC2)c(Br)c1. The van der Waals surface area contributed by atoms with Crippen LogP contribution in [-0.2, 0) is 0 Å². The van der Waals surface area contributed by atoms with Crippen LogP contribution in [0.4, 0.5) is 10.1 Å². The highest BCUT2D eigenvalue weighted by molar-refractivity contribution is 9.10. The van der Waals surface area contributed by atoms with Crippen LogP contribution in [0, 0.1) is 11.7 Å². The summed E-state index contributed by atoms with van der Waals surface area (Å²) in [5, 5.41) is 3.66. The maximum absolute atomic E-state index is 12.9. The molecule has 1 aromatic rings. The summed E-state index contributed by atoms with van der Waals surface area (Å²) in [4.78, 5) is 0. The average molecular weight is 293 g/mol. The van der Waals surface area contributed by atoms with Crippen LogP contribution in [0.25, 0.3) is 0 Å². The second-order valence-corrected chi connectivity index (χ2v) is 5.16. The number of rotatable bonds is 4. The molecular weight excluding hydrogens is 280 g/mol. The summed E-state index contributed by atoms with van der Waals surface area (Å²) in [5.41, 5.74) is 0.790. The summed E-state index contributed by atoms with van der Waals surface area (Å²) in [5.74, 6) is 0.565. The highest BCUT2D eigenvalue weighted by Gasteiger charge is 2.20. The van der Waals surface area contributed by atoms with Gasteiger partial charge in [-0.25, -0.2) is 4.39 Å². The molecule has 0 saturated heterocycles. The highest BCUT2D eigenvalue weighted by Crippen LogP contribution is 2.34. The Kier molecular flexibility index (Phi) is 3.52. The van der Waals surface area contributed by atoms with E-state index in [9.17, 15) is 4.39 Å². The monoisotopic (exact) mass is 291 g/mol. The van der Waals surface area contributed by atoms with E-state index in [-0.39, 0.29) is 5.82 Å². The summed E-state index contributed by atoms with van der Waals surface area (Å²) >= 11 is 9.23. The van der Waals surface area contributed by atoms with Crippen molar-refractivity contribution in [2.45, 2.75) is 19.3 Å². The van der Waals surface area contributed by atoms with Crippen molar-refractivity contribution in [1.29, 1.82) is 0 Å². The van der Waals surface area contributed by atoms with Crippen molar-refractivity contribution < 1.29 is 4.39 Å². The van der Waals surface area contributed by atoms with E-state index in [1.165, 1.54) is 31.4 Å². The number of nitrogens with one attached hydrogen (secondary N) is 1. The Morgan fingerprint density at radius 1 is 1.47 bits per heavy atom. The van der Waals surface area contributed by atoms with Gasteiger partial charge in [-0.15, -0.1) is 0 Å². The van der Waals surface area contributed by atoms with Gasteiger partial charge < -0.3 is 5.32 Å². The van der Waals surface area contributed by atoms with Gasteiger partial charge in [-0.3, -0.25) is 0 Å². The quantitative estimate of drug-likeness (QED) is 0.864. The van der Waals surface area contributed by atoms with Crippen LogP contribution in [0.3, 0.4) is 0 Å². The van der Waals surface area contributed by atoms with E-state index < -0.39 is 0 Å². The molecule has 0 radical (unpaired) electrons. The molecule has 0 aromatic heterocycles. The summed E-state index contributed by atoms with van der Waals surface area (Å²) < 4.78 is 13.6. The molecule has 15 heavy (non-hydrogen) atoms. The van der Waals surface area contributed by atoms with Gasteiger partial charge in [-0.05, 0) is 40.4 Å². The minimum atomic E-state index is -0.320. The number of benzene rings is 1. The molecule has 1 aliphatic carbocycles. The van der Waals surface area contributed by atoms with E-state index in [1.807, 2.05) is 0 Å². The van der Waals surface area contributed by atoms with E-state index in [4.69, 9.17) is 11.6 Å². The summed E-state index contributed by atoms with van der Waals surface area (Å²) in [6.07, 6.45) is 3.86. The molecular formula is C11H12BrClFN. The minimum Gasteiger partial charge on any atom is -0.383 e. The Bertz CT molecular complexity index is 343. The lowest BCUT2D eigenvalue weighted by Gasteiger charge is -2.10. The van der Waals surface area contributed by atoms with Gasteiger partial charge in [0, 0.05) is 11.0 Å². The third kappa shape index (κ3) is 3.08. The van der Waals surface area contributed by atoms with Gasteiger partial charge in [-0.1, -0.05) is 24.4 Å². The van der Waals surface area contributed by atoms with Gasteiger partial charge in [0.25, 0.3) is 0 Å². The first kappa shape index (κ1) is 11.2. The van der Waals surface area contributed by atoms with Crippen LogP contribution in [0.5, 0.6) is 0 Å². The Morgan fingerprint density at radius 3 is 2.80 bits per heavy atom. The fraction of sp³-hybridized carbons (Fsp3) is 0.455. The molecule has 1 saturated carbocycles. The lowest BCUT2D eigenvalue weighted by atomic mass is 10.2. The number of anilines is 1. The van der Waals surface area contributed by atoms with E-state index in [0.717, 1.165) is 18.2 Å². The molecule has 82 valence electrons. The first-order chi connectivity index (χ1) is 7.16. The van der Waals surface area contributed by atoms with Crippen LogP contribution in [0.2, 0.25) is 5.02 Å². The lowest BCUT2D eigenvalue weighted by molar-refractivity contribution is 0.627. The van der Waals surface area contributed by atoms with E-state index >= 15 is 0 Å². The van der Waals surface area contributed by atoms with Crippen LogP contribution in [-0.4, -0.2) is 6.54 Å². The van der Waals surface area contributed by atoms with Gasteiger partial charge >= 0.3 is 0 Å². The smallest absolute Gasteiger partial charge is 0.125 e. The van der Waals surface area contributed by atoms with Crippen LogP contribution < -0.4 is 5.32 Å². The van der Waals surface area contributed by atoms with Gasteiger partial charge in [0.05, 0.1) is 10.7 Å². The van der Waals surface area contributed by atoms with Crippen molar-refractivity contribution in [3.8, 4) is 0 Å². The number of hydrogen-bond acceptors (Lipinski definition) is 1. The molecule has 0 heterocycles. The predicted molar refractivity (Wildman–Crippen MR) is 64.9 cm³/mol. The molecule has 1 fully saturated rings. The van der Waals surface area contributed by atoms with Crippen molar-refractivity contribution in [2.75, 3.05) is 11.9 Å². The second-order valence-electron chi connectivity index (χ2n) is 3.90. The van der Waals surface area contributed by atoms with Gasteiger partial charge in [0.15, 0.2) is 0 Å².